The van der Waals surface area contributed by atoms with Gasteiger partial charge < -0.3 is 10.5 Å². The summed E-state index contributed by atoms with van der Waals surface area (Å²) < 4.78 is 18.6. The highest BCUT2D eigenvalue weighted by Crippen LogP contribution is 2.27. The maximum Gasteiger partial charge on any atom is 0.130 e. The molecule has 100 valence electrons. The Hall–Kier alpha value is -1.58. The monoisotopic (exact) mass is 279 g/mol. The molecule has 1 unspecified atom stereocenters. The Morgan fingerprint density at radius 2 is 1.95 bits per heavy atom. The van der Waals surface area contributed by atoms with E-state index in [0.717, 1.165) is 5.56 Å². The maximum absolute atomic E-state index is 13.0. The Kier molecular flexibility index (Phi) is 4.40. The van der Waals surface area contributed by atoms with Crippen molar-refractivity contribution in [1.29, 1.82) is 0 Å². The number of nitrogens with two attached hydrogens (primary N) is 1. The molecule has 0 aliphatic heterocycles. The summed E-state index contributed by atoms with van der Waals surface area (Å²) in [6, 6.07) is 11.4. The average Bonchev–Trinajstić information content (AvgIpc) is 2.32. The van der Waals surface area contributed by atoms with Crippen molar-refractivity contribution < 1.29 is 9.13 Å². The molecule has 4 heteroatoms. The fourth-order valence-corrected chi connectivity index (χ4v) is 2.02. The van der Waals surface area contributed by atoms with Crippen molar-refractivity contribution in [3.05, 3.63) is 58.9 Å². The molecule has 2 aromatic rings. The average molecular weight is 280 g/mol. The lowest BCUT2D eigenvalue weighted by Gasteiger charge is -2.10. The predicted molar refractivity (Wildman–Crippen MR) is 75.3 cm³/mol. The van der Waals surface area contributed by atoms with Gasteiger partial charge in [0, 0.05) is 17.1 Å². The summed E-state index contributed by atoms with van der Waals surface area (Å²) in [5, 5.41) is 0.603. The summed E-state index contributed by atoms with van der Waals surface area (Å²) in [6.45, 7) is 1.92. The topological polar surface area (TPSA) is 35.2 Å². The number of hydrogen-bond donors (Lipinski definition) is 1. The first-order valence-corrected chi connectivity index (χ1v) is 6.40. The van der Waals surface area contributed by atoms with Gasteiger partial charge in [0.05, 0.1) is 0 Å². The normalized spacial score (nSPS) is 12.2. The van der Waals surface area contributed by atoms with Gasteiger partial charge >= 0.3 is 0 Å². The fraction of sp³-hybridized carbons (Fsp3) is 0.200. The molecule has 0 saturated heterocycles. The van der Waals surface area contributed by atoms with Crippen molar-refractivity contribution in [3.63, 3.8) is 0 Å². The van der Waals surface area contributed by atoms with Crippen LogP contribution in [0.5, 0.6) is 11.5 Å². The largest absolute Gasteiger partial charge is 0.457 e. The smallest absolute Gasteiger partial charge is 0.130 e. The molecule has 0 saturated carbocycles. The van der Waals surface area contributed by atoms with E-state index in [0.29, 0.717) is 22.9 Å². The van der Waals surface area contributed by atoms with E-state index in [1.807, 2.05) is 13.0 Å². The van der Waals surface area contributed by atoms with E-state index in [9.17, 15) is 4.39 Å². The van der Waals surface area contributed by atoms with Gasteiger partial charge in [-0.05, 0) is 43.2 Å². The highest BCUT2D eigenvalue weighted by molar-refractivity contribution is 6.31. The van der Waals surface area contributed by atoms with E-state index in [1.165, 1.54) is 12.1 Å². The minimum absolute atomic E-state index is 0.0486. The first kappa shape index (κ1) is 13.8. The van der Waals surface area contributed by atoms with E-state index < -0.39 is 0 Å². The van der Waals surface area contributed by atoms with Crippen LogP contribution in [0.1, 0.15) is 12.5 Å². The molecule has 0 radical (unpaired) electrons. The number of benzene rings is 2. The lowest BCUT2D eigenvalue weighted by Crippen LogP contribution is -2.17. The van der Waals surface area contributed by atoms with E-state index in [4.69, 9.17) is 22.1 Å². The summed E-state index contributed by atoms with van der Waals surface area (Å²) >= 11 is 6.16. The van der Waals surface area contributed by atoms with Gasteiger partial charge in [0.15, 0.2) is 0 Å². The van der Waals surface area contributed by atoms with E-state index in [1.54, 1.807) is 24.3 Å². The van der Waals surface area contributed by atoms with Crippen LogP contribution in [-0.2, 0) is 6.42 Å². The highest BCUT2D eigenvalue weighted by Gasteiger charge is 2.06. The van der Waals surface area contributed by atoms with Crippen LogP contribution in [0, 0.1) is 5.82 Å². The van der Waals surface area contributed by atoms with Crippen LogP contribution in [-0.4, -0.2) is 6.04 Å². The van der Waals surface area contributed by atoms with E-state index in [2.05, 4.69) is 0 Å². The van der Waals surface area contributed by atoms with Crippen LogP contribution in [0.2, 0.25) is 5.02 Å². The minimum Gasteiger partial charge on any atom is -0.457 e. The van der Waals surface area contributed by atoms with Gasteiger partial charge in [0.25, 0.3) is 0 Å². The van der Waals surface area contributed by atoms with Crippen molar-refractivity contribution in [2.24, 2.45) is 5.73 Å². The summed E-state index contributed by atoms with van der Waals surface area (Å²) in [6.07, 6.45) is 0.707. The van der Waals surface area contributed by atoms with Crippen molar-refractivity contribution >= 4 is 11.6 Å². The van der Waals surface area contributed by atoms with Crippen molar-refractivity contribution in [1.82, 2.24) is 0 Å². The van der Waals surface area contributed by atoms with Gasteiger partial charge in [-0.3, -0.25) is 0 Å². The van der Waals surface area contributed by atoms with Crippen molar-refractivity contribution in [3.8, 4) is 11.5 Å². The molecule has 0 aromatic heterocycles. The molecule has 0 aliphatic carbocycles. The summed E-state index contributed by atoms with van der Waals surface area (Å²) in [5.41, 5.74) is 6.72. The second-order valence-corrected chi connectivity index (χ2v) is 4.90. The molecular weight excluding hydrogens is 265 g/mol. The molecule has 2 nitrogen and oxygen atoms in total. The molecule has 0 aliphatic rings. The van der Waals surface area contributed by atoms with Gasteiger partial charge in [-0.25, -0.2) is 4.39 Å². The molecular formula is C15H15ClFNO. The van der Waals surface area contributed by atoms with Gasteiger partial charge in [-0.15, -0.1) is 0 Å². The zero-order chi connectivity index (χ0) is 13.8. The van der Waals surface area contributed by atoms with Crippen molar-refractivity contribution in [2.45, 2.75) is 19.4 Å². The first-order valence-electron chi connectivity index (χ1n) is 6.02. The van der Waals surface area contributed by atoms with Crippen LogP contribution in [0.25, 0.3) is 0 Å². The first-order chi connectivity index (χ1) is 9.04. The number of ether oxygens (including phenoxy) is 1. The third-order valence-corrected chi connectivity index (χ3v) is 2.95. The molecule has 2 N–H and O–H groups in total. The molecule has 2 rings (SSSR count). The van der Waals surface area contributed by atoms with Crippen LogP contribution >= 0.6 is 11.6 Å². The third kappa shape index (κ3) is 3.94. The summed E-state index contributed by atoms with van der Waals surface area (Å²) in [7, 11) is 0. The van der Waals surface area contributed by atoms with Crippen LogP contribution in [0.3, 0.4) is 0 Å². The van der Waals surface area contributed by atoms with Crippen LogP contribution in [0.4, 0.5) is 4.39 Å². The summed E-state index contributed by atoms with van der Waals surface area (Å²) in [5.74, 6) is 0.678. The van der Waals surface area contributed by atoms with Gasteiger partial charge in [-0.1, -0.05) is 23.7 Å². The van der Waals surface area contributed by atoms with Gasteiger partial charge in [-0.2, -0.15) is 0 Å². The summed E-state index contributed by atoms with van der Waals surface area (Å²) in [4.78, 5) is 0. The van der Waals surface area contributed by atoms with Crippen molar-refractivity contribution in [2.75, 3.05) is 0 Å². The molecule has 2 aromatic carbocycles. The molecule has 0 heterocycles. The molecule has 0 fully saturated rings. The molecule has 19 heavy (non-hydrogen) atoms. The zero-order valence-corrected chi connectivity index (χ0v) is 11.3. The Labute approximate surface area is 117 Å². The second-order valence-electron chi connectivity index (χ2n) is 4.49. The molecule has 0 bridgehead atoms. The number of hydrogen-bond acceptors (Lipinski definition) is 2. The fourth-order valence-electron chi connectivity index (χ4n) is 1.77. The van der Waals surface area contributed by atoms with Gasteiger partial charge in [0.1, 0.15) is 17.3 Å². The van der Waals surface area contributed by atoms with Crippen LogP contribution < -0.4 is 10.5 Å². The van der Waals surface area contributed by atoms with E-state index >= 15 is 0 Å². The Bertz CT molecular complexity index is 572. The van der Waals surface area contributed by atoms with Gasteiger partial charge in [0.2, 0.25) is 0 Å². The van der Waals surface area contributed by atoms with E-state index in [-0.39, 0.29) is 11.9 Å². The number of halogens is 2. The SMILES string of the molecule is CC(N)Cc1ccc(Oc2cccc(F)c2)cc1Cl. The minimum atomic E-state index is -0.336. The predicted octanol–water partition coefficient (Wildman–Crippen LogP) is 4.16. The maximum atomic E-state index is 13.0. The second kappa shape index (κ2) is 6.04. The molecule has 0 spiro atoms. The lowest BCUT2D eigenvalue weighted by molar-refractivity contribution is 0.476. The standard InChI is InChI=1S/C15H15ClFNO/c1-10(18)7-11-5-6-14(9-15(11)16)19-13-4-2-3-12(17)8-13/h2-6,8-10H,7,18H2,1H3. The highest BCUT2D eigenvalue weighted by atomic mass is 35.5. The molecule has 0 amide bonds. The number of rotatable bonds is 4. The Morgan fingerprint density at radius 1 is 1.21 bits per heavy atom. The third-order valence-electron chi connectivity index (χ3n) is 2.60. The quantitative estimate of drug-likeness (QED) is 0.912. The Balaban J connectivity index is 2.16. The zero-order valence-electron chi connectivity index (χ0n) is 10.6. The van der Waals surface area contributed by atoms with Crippen LogP contribution in [0.15, 0.2) is 42.5 Å². The molecule has 1 atom stereocenters. The Morgan fingerprint density at radius 3 is 2.58 bits per heavy atom. The lowest BCUT2D eigenvalue weighted by atomic mass is 10.1.